The van der Waals surface area contributed by atoms with Crippen molar-refractivity contribution in [2.75, 3.05) is 19.6 Å². The largest absolute Gasteiger partial charge is 0.338 e. The number of hydrogen-bond acceptors (Lipinski definition) is 3. The molecule has 0 radical (unpaired) electrons. The summed E-state index contributed by atoms with van der Waals surface area (Å²) in [6, 6.07) is 9.17. The van der Waals surface area contributed by atoms with Crippen molar-refractivity contribution in [3.8, 4) is 0 Å². The first-order valence-corrected chi connectivity index (χ1v) is 9.43. The predicted octanol–water partition coefficient (Wildman–Crippen LogP) is 3.01. The van der Waals surface area contributed by atoms with Gasteiger partial charge in [-0.2, -0.15) is 0 Å². The summed E-state index contributed by atoms with van der Waals surface area (Å²) >= 11 is 0. The number of nitrogens with zero attached hydrogens (tertiary/aromatic N) is 3. The Morgan fingerprint density at radius 3 is 2.75 bits per heavy atom. The Bertz CT molecular complexity index is 906. The molecule has 2 fully saturated rings. The van der Waals surface area contributed by atoms with E-state index in [-0.39, 0.29) is 23.9 Å². The number of aromatic nitrogens is 1. The molecule has 1 aromatic heterocycles. The number of carbonyl (C=O) groups is 2. The van der Waals surface area contributed by atoms with Crippen molar-refractivity contribution in [3.63, 3.8) is 0 Å². The molecule has 5 nitrogen and oxygen atoms in total. The molecule has 0 aliphatic carbocycles. The van der Waals surface area contributed by atoms with Crippen molar-refractivity contribution in [1.82, 2.24) is 14.8 Å². The van der Waals surface area contributed by atoms with Crippen LogP contribution in [0, 0.1) is 17.0 Å². The maximum Gasteiger partial charge on any atom is 0.272 e. The summed E-state index contributed by atoms with van der Waals surface area (Å²) in [5.74, 6) is -2.09. The lowest BCUT2D eigenvalue weighted by molar-refractivity contribution is -0.146. The molecule has 0 unspecified atom stereocenters. The van der Waals surface area contributed by atoms with Crippen molar-refractivity contribution in [3.05, 3.63) is 65.5 Å². The number of piperidine rings is 1. The normalized spacial score (nSPS) is 22.1. The van der Waals surface area contributed by atoms with Crippen LogP contribution >= 0.6 is 0 Å². The van der Waals surface area contributed by atoms with E-state index in [2.05, 4.69) is 4.98 Å². The minimum absolute atomic E-state index is 0.0400. The summed E-state index contributed by atoms with van der Waals surface area (Å²) in [4.78, 5) is 33.3. The molecule has 0 N–H and O–H groups in total. The number of hydrogen-bond donors (Lipinski definition) is 0. The highest BCUT2D eigenvalue weighted by Gasteiger charge is 2.49. The van der Waals surface area contributed by atoms with E-state index in [0.717, 1.165) is 12.5 Å². The Kier molecular flexibility index (Phi) is 4.83. The van der Waals surface area contributed by atoms with Crippen molar-refractivity contribution in [2.45, 2.75) is 25.8 Å². The average Bonchev–Trinajstić information content (AvgIpc) is 3.14. The maximum absolute atomic E-state index is 14.0. The Morgan fingerprint density at radius 1 is 1.11 bits per heavy atom. The lowest BCUT2D eigenvalue weighted by atomic mass is 9.78. The molecule has 1 aromatic carbocycles. The van der Waals surface area contributed by atoms with E-state index in [1.807, 2.05) is 0 Å². The van der Waals surface area contributed by atoms with Gasteiger partial charge in [-0.05, 0) is 37.5 Å². The molecule has 3 heterocycles. The molecule has 2 amide bonds. The lowest BCUT2D eigenvalue weighted by Crippen LogP contribution is -2.50. The van der Waals surface area contributed by atoms with Crippen LogP contribution in [0.1, 0.15) is 35.3 Å². The fraction of sp³-hybridized carbons (Fsp3) is 0.381. The van der Waals surface area contributed by atoms with Crippen molar-refractivity contribution < 1.29 is 18.4 Å². The van der Waals surface area contributed by atoms with Gasteiger partial charge in [-0.1, -0.05) is 18.2 Å². The lowest BCUT2D eigenvalue weighted by Gasteiger charge is -2.39. The molecular weight excluding hydrogens is 364 g/mol. The Morgan fingerprint density at radius 2 is 1.96 bits per heavy atom. The van der Waals surface area contributed by atoms with Crippen LogP contribution in [0.5, 0.6) is 0 Å². The highest BCUT2D eigenvalue weighted by molar-refractivity contribution is 5.93. The standard InChI is InChI=1S/C21H21F2N3O2/c22-16-6-3-5-15(18(16)23)13-25-11-4-8-21(20(25)28)9-12-26(14-21)19(27)17-7-1-2-10-24-17/h1-3,5-7,10H,4,8-9,11-14H2/t21-/m0/s1. The fourth-order valence-corrected chi connectivity index (χ4v) is 4.25. The van der Waals surface area contributed by atoms with Gasteiger partial charge in [-0.3, -0.25) is 14.6 Å². The topological polar surface area (TPSA) is 53.5 Å². The van der Waals surface area contributed by atoms with Gasteiger partial charge in [0.25, 0.3) is 5.91 Å². The van der Waals surface area contributed by atoms with E-state index < -0.39 is 17.0 Å². The Hall–Kier alpha value is -2.83. The van der Waals surface area contributed by atoms with Crippen LogP contribution in [0.4, 0.5) is 8.78 Å². The zero-order chi connectivity index (χ0) is 19.7. The average molecular weight is 385 g/mol. The summed E-state index contributed by atoms with van der Waals surface area (Å²) in [5, 5.41) is 0. The van der Waals surface area contributed by atoms with Crippen molar-refractivity contribution in [2.24, 2.45) is 5.41 Å². The molecular formula is C21H21F2N3O2. The van der Waals surface area contributed by atoms with Crippen LogP contribution in [0.2, 0.25) is 0 Å². The van der Waals surface area contributed by atoms with E-state index in [0.29, 0.717) is 38.2 Å². The number of benzene rings is 1. The highest BCUT2D eigenvalue weighted by Crippen LogP contribution is 2.41. The molecule has 1 spiro atoms. The molecule has 2 saturated heterocycles. The molecule has 2 aromatic rings. The van der Waals surface area contributed by atoms with Gasteiger partial charge in [0.1, 0.15) is 5.69 Å². The van der Waals surface area contributed by atoms with Crippen molar-refractivity contribution >= 4 is 11.8 Å². The van der Waals surface area contributed by atoms with Gasteiger partial charge in [0.15, 0.2) is 11.6 Å². The molecule has 0 bridgehead atoms. The summed E-state index contributed by atoms with van der Waals surface area (Å²) in [6.45, 7) is 1.37. The van der Waals surface area contributed by atoms with Crippen LogP contribution in [0.3, 0.4) is 0 Å². The summed E-state index contributed by atoms with van der Waals surface area (Å²) in [6.07, 6.45) is 3.61. The fourth-order valence-electron chi connectivity index (χ4n) is 4.25. The number of amides is 2. The number of pyridine rings is 1. The second kappa shape index (κ2) is 7.30. The van der Waals surface area contributed by atoms with Crippen LogP contribution in [-0.2, 0) is 11.3 Å². The predicted molar refractivity (Wildman–Crippen MR) is 98.2 cm³/mol. The molecule has 4 rings (SSSR count). The Labute approximate surface area is 162 Å². The van der Waals surface area contributed by atoms with Gasteiger partial charge < -0.3 is 9.80 Å². The van der Waals surface area contributed by atoms with E-state index >= 15 is 0 Å². The summed E-state index contributed by atoms with van der Waals surface area (Å²) in [5.41, 5.74) is -0.113. The number of likely N-dealkylation sites (tertiary alicyclic amines) is 2. The minimum atomic E-state index is -0.912. The number of carbonyl (C=O) groups excluding carboxylic acids is 2. The highest BCUT2D eigenvalue weighted by atomic mass is 19.2. The van der Waals surface area contributed by atoms with E-state index in [4.69, 9.17) is 0 Å². The Balaban J connectivity index is 1.50. The first-order valence-electron chi connectivity index (χ1n) is 9.43. The smallest absolute Gasteiger partial charge is 0.272 e. The van der Waals surface area contributed by atoms with Crippen LogP contribution in [0.25, 0.3) is 0 Å². The second-order valence-electron chi connectivity index (χ2n) is 7.52. The quantitative estimate of drug-likeness (QED) is 0.816. The van der Waals surface area contributed by atoms with Crippen molar-refractivity contribution in [1.29, 1.82) is 0 Å². The number of rotatable bonds is 3. The van der Waals surface area contributed by atoms with Gasteiger partial charge in [-0.15, -0.1) is 0 Å². The van der Waals surface area contributed by atoms with E-state index in [1.165, 1.54) is 12.1 Å². The molecule has 0 saturated carbocycles. The minimum Gasteiger partial charge on any atom is -0.338 e. The first kappa shape index (κ1) is 18.5. The van der Waals surface area contributed by atoms with E-state index in [9.17, 15) is 18.4 Å². The zero-order valence-electron chi connectivity index (χ0n) is 15.4. The van der Waals surface area contributed by atoms with Gasteiger partial charge in [-0.25, -0.2) is 8.78 Å². The van der Waals surface area contributed by atoms with Gasteiger partial charge in [0, 0.05) is 37.9 Å². The van der Waals surface area contributed by atoms with Gasteiger partial charge >= 0.3 is 0 Å². The third-order valence-corrected chi connectivity index (χ3v) is 5.74. The van der Waals surface area contributed by atoms with Crippen LogP contribution < -0.4 is 0 Å². The summed E-state index contributed by atoms with van der Waals surface area (Å²) < 4.78 is 27.5. The molecule has 28 heavy (non-hydrogen) atoms. The van der Waals surface area contributed by atoms with Gasteiger partial charge in [0.2, 0.25) is 5.91 Å². The van der Waals surface area contributed by atoms with Crippen LogP contribution in [-0.4, -0.2) is 46.2 Å². The van der Waals surface area contributed by atoms with Crippen LogP contribution in [0.15, 0.2) is 42.6 Å². The number of halogens is 2. The maximum atomic E-state index is 14.0. The van der Waals surface area contributed by atoms with Gasteiger partial charge in [0.05, 0.1) is 5.41 Å². The second-order valence-corrected chi connectivity index (χ2v) is 7.52. The molecule has 146 valence electrons. The van der Waals surface area contributed by atoms with E-state index in [1.54, 1.807) is 34.2 Å². The zero-order valence-corrected chi connectivity index (χ0v) is 15.4. The first-order chi connectivity index (χ1) is 13.5. The molecule has 2 aliphatic heterocycles. The third-order valence-electron chi connectivity index (χ3n) is 5.74. The monoisotopic (exact) mass is 385 g/mol. The molecule has 2 aliphatic rings. The SMILES string of the molecule is O=C(c1ccccn1)N1CC[C@@]2(CCCN(Cc3cccc(F)c3F)C2=O)C1. The summed E-state index contributed by atoms with van der Waals surface area (Å²) in [7, 11) is 0. The molecule has 1 atom stereocenters. The molecule has 7 heteroatoms. The third kappa shape index (κ3) is 3.25.